The van der Waals surface area contributed by atoms with Crippen molar-refractivity contribution in [2.45, 2.75) is 53.6 Å². The molecule has 1 unspecified atom stereocenters. The number of likely N-dealkylation sites (N-methyl/N-ethyl adjacent to an activating group) is 2. The average molecular weight is 1700 g/mol. The predicted molar refractivity (Wildman–Crippen MR) is 498 cm³/mol. The number of aromatic nitrogens is 13. The summed E-state index contributed by atoms with van der Waals surface area (Å²) in [4.78, 5) is 115. The molecule has 17 aromatic rings. The van der Waals surface area contributed by atoms with Gasteiger partial charge in [-0.25, -0.2) is 19.9 Å². The van der Waals surface area contributed by atoms with Crippen LogP contribution in [0.1, 0.15) is 86.7 Å². The fourth-order valence-corrected chi connectivity index (χ4v) is 14.6. The van der Waals surface area contributed by atoms with E-state index in [9.17, 15) is 33.6 Å². The van der Waals surface area contributed by atoms with E-state index in [1.54, 1.807) is 92.0 Å². The third-order valence-electron chi connectivity index (χ3n) is 21.6. The van der Waals surface area contributed by atoms with Gasteiger partial charge in [0.1, 0.15) is 0 Å². The molecule has 642 valence electrons. The highest BCUT2D eigenvalue weighted by Crippen LogP contribution is 2.33. The molecule has 12 N–H and O–H groups in total. The zero-order valence-electron chi connectivity index (χ0n) is 70.9. The minimum atomic E-state index is -0.156. The van der Waals surface area contributed by atoms with Crippen molar-refractivity contribution in [2.75, 3.05) is 74.1 Å². The van der Waals surface area contributed by atoms with Crippen LogP contribution in [0.4, 0.5) is 45.5 Å². The second kappa shape index (κ2) is 40.3. The number of carbonyl (C=O) groups is 4. The molecular weight excluding hydrogens is 1600 g/mol. The van der Waals surface area contributed by atoms with E-state index in [-0.39, 0.29) is 46.3 Å². The smallest absolute Gasteiger partial charge is 0.253 e. The van der Waals surface area contributed by atoms with Gasteiger partial charge in [-0.15, -0.1) is 0 Å². The molecule has 0 bridgehead atoms. The molecule has 0 radical (unpaired) electrons. The van der Waals surface area contributed by atoms with E-state index < -0.39 is 0 Å². The summed E-state index contributed by atoms with van der Waals surface area (Å²) in [6, 6.07) is 63.8. The molecule has 18 rings (SSSR count). The largest absolute Gasteiger partial charge is 0.352 e. The Kier molecular flexibility index (Phi) is 27.2. The highest BCUT2D eigenvalue weighted by atomic mass is 16.2. The summed E-state index contributed by atoms with van der Waals surface area (Å²) >= 11 is 0. The van der Waals surface area contributed by atoms with Crippen molar-refractivity contribution >= 4 is 91.7 Å². The number of amides is 4. The van der Waals surface area contributed by atoms with Gasteiger partial charge in [0.2, 0.25) is 16.7 Å². The summed E-state index contributed by atoms with van der Waals surface area (Å²) < 4.78 is 7.83. The fourth-order valence-electron chi connectivity index (χ4n) is 14.6. The van der Waals surface area contributed by atoms with Crippen LogP contribution in [-0.2, 0) is 6.54 Å². The lowest BCUT2D eigenvalue weighted by atomic mass is 10.1. The molecule has 30 heteroatoms. The summed E-state index contributed by atoms with van der Waals surface area (Å²) in [5.74, 6) is 0.214. The van der Waals surface area contributed by atoms with Crippen LogP contribution in [0.25, 0.3) is 67.6 Å². The Morgan fingerprint density at radius 3 is 1.24 bits per heavy atom. The third-order valence-corrected chi connectivity index (χ3v) is 21.6. The molecule has 0 saturated carbocycles. The van der Waals surface area contributed by atoms with Gasteiger partial charge in [-0.1, -0.05) is 45.0 Å². The van der Waals surface area contributed by atoms with E-state index >= 15 is 0 Å². The summed E-state index contributed by atoms with van der Waals surface area (Å²) in [6.07, 6.45) is 24.0. The van der Waals surface area contributed by atoms with Crippen LogP contribution in [-0.4, -0.2) is 155 Å². The number of nitrogens with zero attached hydrogens (tertiary/aromatic N) is 11. The Labute approximate surface area is 730 Å². The number of hydrogen-bond acceptors (Lipinski definition) is 18. The van der Waals surface area contributed by atoms with Gasteiger partial charge in [0.25, 0.3) is 23.6 Å². The van der Waals surface area contributed by atoms with Crippen molar-refractivity contribution in [1.29, 1.82) is 0 Å². The first-order chi connectivity index (χ1) is 61.9. The highest BCUT2D eigenvalue weighted by Gasteiger charge is 2.21. The van der Waals surface area contributed by atoms with Gasteiger partial charge < -0.3 is 67.3 Å². The second-order valence-corrected chi connectivity index (χ2v) is 30.8. The topological polar surface area (TPSA) is 367 Å². The molecule has 0 spiro atoms. The Hall–Kier alpha value is -16.1. The number of carbonyl (C=O) groups excluding carboxylic acids is 4. The molecule has 127 heavy (non-hydrogen) atoms. The lowest BCUT2D eigenvalue weighted by Crippen LogP contribution is -2.37. The number of pyridine rings is 7. The van der Waals surface area contributed by atoms with Crippen LogP contribution in [0.5, 0.6) is 0 Å². The molecule has 1 fully saturated rings. The first-order valence-electron chi connectivity index (χ1n) is 41.9. The number of nitrogens with one attached hydrogen (secondary N) is 12. The van der Waals surface area contributed by atoms with Crippen molar-refractivity contribution < 1.29 is 19.2 Å². The number of rotatable bonds is 26. The molecular formula is C97H97N23O7. The molecule has 4 amide bonds. The predicted octanol–water partition coefficient (Wildman–Crippen LogP) is 14.9. The minimum Gasteiger partial charge on any atom is -0.352 e. The molecule has 1 saturated heterocycles. The van der Waals surface area contributed by atoms with Crippen LogP contribution in [0.3, 0.4) is 0 Å². The Bertz CT molecular complexity index is 6860. The standard InChI is InChI=1S/C27H23N5O2.C26H30N6O2.C23H23N5O2.C21H21N7O/c1-18-4-2-3-5-21(18)17-30-27(34)19-6-8-22(9-7-19)31-23-10-11-24(32-15-14-29-26(23)32)20-12-13-28-25(33)16-20;1-4-30(3)16-17-31(5-2)26(34)19-6-8-21(9-7-19)29-22-10-11-23(32-15-14-28-25(22)32)20-12-13-27-24(33)18-20;1-15(2)14-26-23(30)16-3-5-18(6-4-16)27-19-7-8-20(28-12-11-25-22(19)28)17-9-10-24-21(29)13-17;29-21(27-17-7-8-22-13-17)14-1-3-16(4-2-14)26-18-5-6-19(15-11-24-25-12-15)28-10-9-23-20(18)28/h2-16,31H,17H2,1H3,(H,28,33)(H,30,34);6-15,18,29H,4-5,16-17H2,1-3H3,(H,27,33);3-13,15,27H,14H2,1-2H3,(H,24,29)(H,26,30);1-6,9-12,17,22,26H,7-8,13H2,(H,24,25)(H,27,29). The molecule has 1 atom stereocenters. The van der Waals surface area contributed by atoms with Crippen molar-refractivity contribution in [3.8, 4) is 45.0 Å². The summed E-state index contributed by atoms with van der Waals surface area (Å²) in [7, 11) is 2.06. The average Bonchev–Trinajstić information content (AvgIpc) is 1.72. The molecule has 0 aliphatic carbocycles. The number of aryl methyl sites for hydroxylation is 1. The van der Waals surface area contributed by atoms with Crippen molar-refractivity contribution in [3.63, 3.8) is 0 Å². The number of imidazole rings is 4. The molecule has 1 aliphatic heterocycles. The Morgan fingerprint density at radius 1 is 0.465 bits per heavy atom. The van der Waals surface area contributed by atoms with Gasteiger partial charge in [0.15, 0.2) is 22.6 Å². The van der Waals surface area contributed by atoms with Gasteiger partial charge in [-0.3, -0.25) is 56.3 Å². The minimum absolute atomic E-state index is 0.0367. The number of benzene rings is 5. The number of hydrogen-bond donors (Lipinski definition) is 12. The molecule has 30 nitrogen and oxygen atoms in total. The highest BCUT2D eigenvalue weighted by molar-refractivity contribution is 5.97. The van der Waals surface area contributed by atoms with E-state index in [1.165, 1.54) is 0 Å². The molecule has 13 heterocycles. The molecule has 1 aliphatic rings. The van der Waals surface area contributed by atoms with E-state index in [2.05, 4.69) is 120 Å². The van der Waals surface area contributed by atoms with Crippen LogP contribution in [0.15, 0.2) is 301 Å². The fraction of sp³-hybridized carbons (Fsp3) is 0.175. The Morgan fingerprint density at radius 2 is 0.866 bits per heavy atom. The quantitative estimate of drug-likeness (QED) is 0.0240. The van der Waals surface area contributed by atoms with Crippen LogP contribution < -0.4 is 59.2 Å². The maximum absolute atomic E-state index is 12.9. The van der Waals surface area contributed by atoms with E-state index in [0.717, 1.165) is 157 Å². The SMILES string of the molecule is CC(C)CNC(=O)c1ccc(Nc2ccc(-c3cc[nH]c(=O)c3)n3ccnc23)cc1.CCN(C)CCN(CC)C(=O)c1ccc(Nc2ccc(-c3cc[nH]c(=O)c3)n3ccnc23)cc1.Cc1ccccc1CNC(=O)c1ccc(Nc2ccc(-c3cc[nH]c(=O)c3)n3ccnc23)cc1.O=C(NC1CCNC1)c1ccc(Nc2ccc(-c3cn[nH]c3)n3ccnc23)cc1. The number of anilines is 8. The summed E-state index contributed by atoms with van der Waals surface area (Å²) in [5, 5.41) is 32.6. The Balaban J connectivity index is 0.000000131. The van der Waals surface area contributed by atoms with Gasteiger partial charge in [0.05, 0.1) is 51.7 Å². The number of H-pyrrole nitrogens is 4. The molecule has 5 aromatic carbocycles. The maximum Gasteiger partial charge on any atom is 0.253 e. The zero-order chi connectivity index (χ0) is 88.3. The van der Waals surface area contributed by atoms with Crippen molar-refractivity contribution in [1.82, 2.24) is 93.8 Å². The third kappa shape index (κ3) is 21.2. The van der Waals surface area contributed by atoms with E-state index in [0.29, 0.717) is 54.4 Å². The normalized spacial score (nSPS) is 12.2. The van der Waals surface area contributed by atoms with Gasteiger partial charge >= 0.3 is 0 Å². The van der Waals surface area contributed by atoms with Crippen LogP contribution >= 0.6 is 0 Å². The van der Waals surface area contributed by atoms with Gasteiger partial charge in [0, 0.05) is 205 Å². The van der Waals surface area contributed by atoms with Crippen molar-refractivity contribution in [3.05, 3.63) is 351 Å². The number of fused-ring (bicyclic) bond motifs is 4. The zero-order valence-corrected chi connectivity index (χ0v) is 70.9. The first-order valence-corrected chi connectivity index (χ1v) is 41.9. The summed E-state index contributed by atoms with van der Waals surface area (Å²) in [5.41, 5.74) is 21.2. The lowest BCUT2D eigenvalue weighted by Gasteiger charge is -2.24. The van der Waals surface area contributed by atoms with Gasteiger partial charge in [-0.05, 0) is 221 Å². The number of aromatic amines is 4. The van der Waals surface area contributed by atoms with Crippen molar-refractivity contribution in [2.24, 2.45) is 5.92 Å². The monoisotopic (exact) mass is 1700 g/mol. The lowest BCUT2D eigenvalue weighted by molar-refractivity contribution is 0.0750. The maximum atomic E-state index is 12.9. The van der Waals surface area contributed by atoms with Crippen LogP contribution in [0, 0.1) is 12.8 Å². The second-order valence-electron chi connectivity index (χ2n) is 30.8. The summed E-state index contributed by atoms with van der Waals surface area (Å²) in [6.45, 7) is 16.4. The molecule has 12 aromatic heterocycles. The van der Waals surface area contributed by atoms with Gasteiger partial charge in [-0.2, -0.15) is 5.10 Å². The van der Waals surface area contributed by atoms with E-state index in [4.69, 9.17) is 0 Å². The first kappa shape index (κ1) is 85.9. The van der Waals surface area contributed by atoms with Crippen LogP contribution in [0.2, 0.25) is 0 Å². The van der Waals surface area contributed by atoms with E-state index in [1.807, 2.05) is 231 Å².